The first-order valence-electron chi connectivity index (χ1n) is 13.6. The van der Waals surface area contributed by atoms with E-state index in [9.17, 15) is 9.18 Å². The molecule has 41 heavy (non-hydrogen) atoms. The van der Waals surface area contributed by atoms with Crippen molar-refractivity contribution in [2.24, 2.45) is 5.41 Å². The lowest BCUT2D eigenvalue weighted by atomic mass is 9.72. The van der Waals surface area contributed by atoms with Crippen molar-refractivity contribution in [2.75, 3.05) is 37.7 Å². The lowest BCUT2D eigenvalue weighted by Gasteiger charge is -2.54. The lowest BCUT2D eigenvalue weighted by molar-refractivity contribution is 0.0392. The molecule has 210 valence electrons. The average molecular weight is 575 g/mol. The van der Waals surface area contributed by atoms with Crippen LogP contribution in [0.2, 0.25) is 5.02 Å². The second-order valence-corrected chi connectivity index (χ2v) is 11.1. The number of rotatable bonds is 6. The predicted molar refractivity (Wildman–Crippen MR) is 154 cm³/mol. The molecule has 1 spiro atoms. The Balaban J connectivity index is 1.02. The van der Waals surface area contributed by atoms with Gasteiger partial charge in [-0.25, -0.2) is 18.9 Å². The number of aromatic amines is 1. The Morgan fingerprint density at radius 3 is 2.76 bits per heavy atom. The van der Waals surface area contributed by atoms with Gasteiger partial charge in [0.1, 0.15) is 17.4 Å². The van der Waals surface area contributed by atoms with Crippen LogP contribution < -0.4 is 15.1 Å². The summed E-state index contributed by atoms with van der Waals surface area (Å²) in [4.78, 5) is 19.7. The molecule has 2 aliphatic heterocycles. The van der Waals surface area contributed by atoms with E-state index in [1.165, 1.54) is 18.2 Å². The number of hydrogen-bond acceptors (Lipinski definition) is 7. The number of carbonyl (C=O) groups is 1. The maximum atomic E-state index is 14.1. The summed E-state index contributed by atoms with van der Waals surface area (Å²) in [5.41, 5.74) is 6.50. The molecule has 10 nitrogen and oxygen atoms in total. The van der Waals surface area contributed by atoms with Crippen molar-refractivity contribution >= 4 is 39.9 Å². The Labute approximate surface area is 240 Å². The van der Waals surface area contributed by atoms with Crippen molar-refractivity contribution in [3.8, 4) is 16.9 Å². The van der Waals surface area contributed by atoms with Crippen LogP contribution in [0.15, 0.2) is 55.0 Å². The molecule has 0 bridgehead atoms. The molecule has 2 N–H and O–H groups in total. The highest BCUT2D eigenvalue weighted by atomic mass is 35.5. The quantitative estimate of drug-likeness (QED) is 0.303. The third kappa shape index (κ3) is 4.54. The van der Waals surface area contributed by atoms with Crippen LogP contribution in [0.5, 0.6) is 5.75 Å². The average Bonchev–Trinajstić information content (AvgIpc) is 3.54. The summed E-state index contributed by atoms with van der Waals surface area (Å²) in [6, 6.07) is 10.4. The Bertz CT molecular complexity index is 1730. The second-order valence-electron chi connectivity index (χ2n) is 10.7. The largest absolute Gasteiger partial charge is 0.492 e. The number of aromatic nitrogens is 5. The highest BCUT2D eigenvalue weighted by Gasteiger charge is 2.45. The number of piperidine rings is 1. The summed E-state index contributed by atoms with van der Waals surface area (Å²) in [6.45, 7) is 5.71. The van der Waals surface area contributed by atoms with Crippen molar-refractivity contribution in [1.82, 2.24) is 35.2 Å². The van der Waals surface area contributed by atoms with Crippen molar-refractivity contribution in [3.63, 3.8) is 0 Å². The van der Waals surface area contributed by atoms with E-state index < -0.39 is 11.7 Å². The van der Waals surface area contributed by atoms with Gasteiger partial charge in [-0.3, -0.25) is 15.3 Å². The molecule has 4 aromatic heterocycles. The summed E-state index contributed by atoms with van der Waals surface area (Å²) in [5.74, 6) is 0.532. The minimum absolute atomic E-state index is 0.107. The molecule has 2 fully saturated rings. The first kappa shape index (κ1) is 25.7. The van der Waals surface area contributed by atoms with Gasteiger partial charge in [-0.05, 0) is 50.1 Å². The first-order chi connectivity index (χ1) is 19.9. The normalized spacial score (nSPS) is 16.8. The van der Waals surface area contributed by atoms with Crippen LogP contribution in [-0.2, 0) is 0 Å². The highest BCUT2D eigenvalue weighted by molar-refractivity contribution is 6.33. The summed E-state index contributed by atoms with van der Waals surface area (Å²) in [7, 11) is 0. The summed E-state index contributed by atoms with van der Waals surface area (Å²) in [5, 5.41) is 14.6. The van der Waals surface area contributed by atoms with Crippen LogP contribution >= 0.6 is 11.6 Å². The molecule has 2 saturated heterocycles. The van der Waals surface area contributed by atoms with Crippen molar-refractivity contribution < 1.29 is 13.9 Å². The topological polar surface area (TPSA) is 104 Å². The van der Waals surface area contributed by atoms with E-state index in [-0.39, 0.29) is 16.0 Å². The number of carbonyl (C=O) groups excluding carboxylic acids is 1. The van der Waals surface area contributed by atoms with Gasteiger partial charge in [0.25, 0.3) is 5.91 Å². The van der Waals surface area contributed by atoms with E-state index in [4.69, 9.17) is 21.3 Å². The van der Waals surface area contributed by atoms with E-state index in [0.29, 0.717) is 19.7 Å². The molecule has 2 aliphatic rings. The Kier molecular flexibility index (Phi) is 6.28. The van der Waals surface area contributed by atoms with Crippen LogP contribution in [0.3, 0.4) is 0 Å². The van der Waals surface area contributed by atoms with Crippen molar-refractivity contribution in [2.45, 2.75) is 19.8 Å². The molecule has 5 aromatic rings. The lowest BCUT2D eigenvalue weighted by Crippen LogP contribution is -2.62. The number of hydrazine groups is 1. The number of nitrogens with zero attached hydrogens (tertiary/aromatic N) is 6. The molecule has 0 saturated carbocycles. The minimum Gasteiger partial charge on any atom is -0.492 e. The van der Waals surface area contributed by atoms with Crippen LogP contribution in [0.4, 0.5) is 10.2 Å². The molecule has 0 radical (unpaired) electrons. The summed E-state index contributed by atoms with van der Waals surface area (Å²) >= 11 is 6.05. The second kappa shape index (κ2) is 10.0. The van der Waals surface area contributed by atoms with Gasteiger partial charge in [-0.1, -0.05) is 17.7 Å². The Morgan fingerprint density at radius 2 is 2.02 bits per heavy atom. The van der Waals surface area contributed by atoms with Gasteiger partial charge in [0.15, 0.2) is 5.65 Å². The van der Waals surface area contributed by atoms with Gasteiger partial charge >= 0.3 is 0 Å². The number of H-pyrrole nitrogens is 1. The molecular weight excluding hydrogens is 547 g/mol. The maximum absolute atomic E-state index is 14.1. The molecule has 1 aromatic carbocycles. The van der Waals surface area contributed by atoms with Crippen LogP contribution in [0, 0.1) is 11.2 Å². The maximum Gasteiger partial charge on any atom is 0.270 e. The van der Waals surface area contributed by atoms with E-state index in [1.807, 2.05) is 34.9 Å². The molecule has 7 rings (SSSR count). The SMILES string of the molecule is CCOc1cc(-c2ccc(N3CC4(CCN(NC(=O)c5c(F)cccc5Cl)CC4)C3)nc2)c2c3cn[nH]c3nn2c1. The molecule has 0 unspecified atom stereocenters. The number of hydrogen-bond donors (Lipinski definition) is 2. The van der Waals surface area contributed by atoms with Crippen LogP contribution in [0.1, 0.15) is 30.1 Å². The van der Waals surface area contributed by atoms with E-state index >= 15 is 0 Å². The zero-order valence-electron chi connectivity index (χ0n) is 22.4. The van der Waals surface area contributed by atoms with Crippen LogP contribution in [0.25, 0.3) is 27.7 Å². The molecule has 1 amide bonds. The number of pyridine rings is 2. The number of amides is 1. The van der Waals surface area contributed by atoms with Crippen molar-refractivity contribution in [3.05, 3.63) is 71.4 Å². The molecule has 12 heteroatoms. The summed E-state index contributed by atoms with van der Waals surface area (Å²) in [6.07, 6.45) is 7.42. The molecule has 0 atom stereocenters. The minimum atomic E-state index is -0.622. The fourth-order valence-electron chi connectivity index (χ4n) is 5.99. The monoisotopic (exact) mass is 574 g/mol. The van der Waals surface area contributed by atoms with E-state index in [0.717, 1.165) is 65.2 Å². The van der Waals surface area contributed by atoms with Gasteiger partial charge in [0.05, 0.1) is 40.5 Å². The third-order valence-corrected chi connectivity index (χ3v) is 8.44. The van der Waals surface area contributed by atoms with Gasteiger partial charge < -0.3 is 9.64 Å². The molecular formula is C29H28ClFN8O2. The van der Waals surface area contributed by atoms with Gasteiger partial charge in [-0.2, -0.15) is 5.10 Å². The summed E-state index contributed by atoms with van der Waals surface area (Å²) < 4.78 is 21.8. The smallest absolute Gasteiger partial charge is 0.270 e. The number of anilines is 1. The number of nitrogens with one attached hydrogen (secondary N) is 2. The zero-order valence-corrected chi connectivity index (χ0v) is 23.2. The van der Waals surface area contributed by atoms with Crippen molar-refractivity contribution in [1.29, 1.82) is 0 Å². The highest BCUT2D eigenvalue weighted by Crippen LogP contribution is 2.42. The Morgan fingerprint density at radius 1 is 1.20 bits per heavy atom. The van der Waals surface area contributed by atoms with Gasteiger partial charge in [0, 0.05) is 48.9 Å². The van der Waals surface area contributed by atoms with Gasteiger partial charge in [-0.15, -0.1) is 5.10 Å². The zero-order chi connectivity index (χ0) is 28.1. The predicted octanol–water partition coefficient (Wildman–Crippen LogP) is 4.71. The standard InChI is InChI=1S/C29H28ClFN8O2/c1-2-41-19-12-20(26-21-14-33-34-27(21)35-39(26)15-19)18-6-7-24(32-13-18)37-16-29(17-37)8-10-38(11-9-29)36-28(40)25-22(30)4-3-5-23(25)31/h3-7,12-15H,2,8-11,16-17H2,1H3,(H,34,35)(H,36,40). The Hall–Kier alpha value is -4.22. The number of fused-ring (bicyclic) bond motifs is 3. The van der Waals surface area contributed by atoms with E-state index in [1.54, 1.807) is 6.20 Å². The molecule has 0 aliphatic carbocycles. The number of halogens is 2. The first-order valence-corrected chi connectivity index (χ1v) is 14.0. The number of benzene rings is 1. The fourth-order valence-corrected chi connectivity index (χ4v) is 6.24. The molecule has 6 heterocycles. The number of ether oxygens (including phenoxy) is 1. The van der Waals surface area contributed by atoms with E-state index in [2.05, 4.69) is 37.8 Å². The van der Waals surface area contributed by atoms with Gasteiger partial charge in [0.2, 0.25) is 0 Å². The van der Waals surface area contributed by atoms with Crippen LogP contribution in [-0.4, -0.2) is 68.5 Å². The third-order valence-electron chi connectivity index (χ3n) is 8.12. The fraction of sp³-hybridized carbons (Fsp3) is 0.310.